The van der Waals surface area contributed by atoms with Crippen molar-refractivity contribution < 1.29 is 13.9 Å². The van der Waals surface area contributed by atoms with Gasteiger partial charge >= 0.3 is 5.97 Å². The summed E-state index contributed by atoms with van der Waals surface area (Å²) in [6.07, 6.45) is 8.93. The van der Waals surface area contributed by atoms with E-state index in [-0.39, 0.29) is 18.2 Å². The van der Waals surface area contributed by atoms with Crippen LogP contribution in [0.5, 0.6) is 0 Å². The van der Waals surface area contributed by atoms with Gasteiger partial charge < -0.3 is 4.74 Å². The highest BCUT2D eigenvalue weighted by molar-refractivity contribution is 5.69. The van der Waals surface area contributed by atoms with E-state index in [1.807, 2.05) is 20.8 Å². The summed E-state index contributed by atoms with van der Waals surface area (Å²) in [6, 6.07) is 0. The number of carbonyl (C=O) groups is 1. The van der Waals surface area contributed by atoms with Crippen LogP contribution in [0, 0.1) is 0 Å². The van der Waals surface area contributed by atoms with Crippen molar-refractivity contribution in [2.75, 3.05) is 6.67 Å². The quantitative estimate of drug-likeness (QED) is 0.416. The molecule has 0 aliphatic rings. The largest absolute Gasteiger partial charge is 0.460 e. The lowest BCUT2D eigenvalue weighted by molar-refractivity contribution is -0.154. The number of hydrogen-bond donors (Lipinski definition) is 0. The van der Waals surface area contributed by atoms with Gasteiger partial charge in [-0.2, -0.15) is 0 Å². The summed E-state index contributed by atoms with van der Waals surface area (Å²) in [5, 5.41) is 0. The topological polar surface area (TPSA) is 26.3 Å². The molecule has 0 aromatic carbocycles. The predicted molar refractivity (Wildman–Crippen MR) is 73.4 cm³/mol. The molecule has 0 heterocycles. The maximum Gasteiger partial charge on any atom is 0.306 e. The molecular formula is C15H29FO2. The van der Waals surface area contributed by atoms with Crippen molar-refractivity contribution in [1.82, 2.24) is 0 Å². The van der Waals surface area contributed by atoms with E-state index in [9.17, 15) is 9.18 Å². The fourth-order valence-electron chi connectivity index (χ4n) is 1.82. The number of ether oxygens (including phenoxy) is 1. The number of hydrogen-bond acceptors (Lipinski definition) is 2. The third-order valence-corrected chi connectivity index (χ3v) is 2.68. The minimum Gasteiger partial charge on any atom is -0.460 e. The second kappa shape index (κ2) is 10.3. The predicted octanol–water partition coefficient (Wildman–Crippen LogP) is 4.81. The van der Waals surface area contributed by atoms with Crippen molar-refractivity contribution in [2.24, 2.45) is 0 Å². The van der Waals surface area contributed by atoms with Gasteiger partial charge in [-0.15, -0.1) is 0 Å². The molecule has 0 bridgehead atoms. The van der Waals surface area contributed by atoms with E-state index < -0.39 is 0 Å². The Labute approximate surface area is 111 Å². The summed E-state index contributed by atoms with van der Waals surface area (Å²) in [4.78, 5) is 11.4. The van der Waals surface area contributed by atoms with Crippen LogP contribution in [0.15, 0.2) is 0 Å². The van der Waals surface area contributed by atoms with Crippen molar-refractivity contribution in [3.8, 4) is 0 Å². The van der Waals surface area contributed by atoms with E-state index in [2.05, 4.69) is 0 Å². The Kier molecular flexibility index (Phi) is 9.99. The minimum absolute atomic E-state index is 0.0922. The normalized spacial score (nSPS) is 11.6. The Hall–Kier alpha value is -0.600. The van der Waals surface area contributed by atoms with Gasteiger partial charge in [-0.05, 0) is 33.6 Å². The van der Waals surface area contributed by atoms with Crippen LogP contribution in [-0.4, -0.2) is 18.2 Å². The van der Waals surface area contributed by atoms with Crippen LogP contribution >= 0.6 is 0 Å². The molecular weight excluding hydrogens is 231 g/mol. The van der Waals surface area contributed by atoms with E-state index in [1.165, 1.54) is 19.3 Å². The Morgan fingerprint density at radius 3 is 1.78 bits per heavy atom. The zero-order valence-corrected chi connectivity index (χ0v) is 12.3. The first-order chi connectivity index (χ1) is 8.45. The van der Waals surface area contributed by atoms with Gasteiger partial charge in [0.2, 0.25) is 0 Å². The van der Waals surface area contributed by atoms with Crippen molar-refractivity contribution in [1.29, 1.82) is 0 Å². The molecule has 0 saturated heterocycles. The van der Waals surface area contributed by atoms with Gasteiger partial charge in [0.25, 0.3) is 0 Å². The van der Waals surface area contributed by atoms with Gasteiger partial charge in [-0.25, -0.2) is 0 Å². The molecule has 18 heavy (non-hydrogen) atoms. The van der Waals surface area contributed by atoms with Crippen LogP contribution in [0.2, 0.25) is 0 Å². The van der Waals surface area contributed by atoms with E-state index in [4.69, 9.17) is 4.74 Å². The second-order valence-corrected chi connectivity index (χ2v) is 5.85. The van der Waals surface area contributed by atoms with Crippen LogP contribution in [0.4, 0.5) is 4.39 Å². The lowest BCUT2D eigenvalue weighted by Crippen LogP contribution is -2.23. The first-order valence-corrected chi connectivity index (χ1v) is 7.23. The summed E-state index contributed by atoms with van der Waals surface area (Å²) in [6.45, 7) is 5.49. The third-order valence-electron chi connectivity index (χ3n) is 2.68. The van der Waals surface area contributed by atoms with Crippen molar-refractivity contribution >= 4 is 5.97 Å². The average Bonchev–Trinajstić information content (AvgIpc) is 2.24. The molecule has 0 aromatic rings. The third kappa shape index (κ3) is 13.5. The molecule has 0 unspecified atom stereocenters. The molecule has 3 heteroatoms. The molecule has 0 aromatic heterocycles. The van der Waals surface area contributed by atoms with Crippen molar-refractivity contribution in [3.63, 3.8) is 0 Å². The van der Waals surface area contributed by atoms with E-state index in [1.54, 1.807) is 0 Å². The highest BCUT2D eigenvalue weighted by atomic mass is 19.1. The van der Waals surface area contributed by atoms with E-state index >= 15 is 0 Å². The van der Waals surface area contributed by atoms with E-state index in [0.29, 0.717) is 12.8 Å². The van der Waals surface area contributed by atoms with E-state index in [0.717, 1.165) is 25.7 Å². The molecule has 0 atom stereocenters. The van der Waals surface area contributed by atoms with Crippen LogP contribution in [-0.2, 0) is 9.53 Å². The summed E-state index contributed by atoms with van der Waals surface area (Å²) in [5.74, 6) is -0.0922. The van der Waals surface area contributed by atoms with Gasteiger partial charge in [0.05, 0.1) is 6.67 Å². The number of halogens is 1. The van der Waals surface area contributed by atoms with Gasteiger partial charge in [-0.1, -0.05) is 38.5 Å². The minimum atomic E-state index is -0.368. The number of unbranched alkanes of at least 4 members (excludes halogenated alkanes) is 7. The number of carbonyl (C=O) groups excluding carboxylic acids is 1. The fourth-order valence-corrected chi connectivity index (χ4v) is 1.82. The number of rotatable bonds is 10. The molecule has 0 saturated carbocycles. The molecule has 0 radical (unpaired) electrons. The zero-order chi connectivity index (χ0) is 13.9. The summed E-state index contributed by atoms with van der Waals surface area (Å²) in [7, 11) is 0. The first kappa shape index (κ1) is 17.4. The molecule has 108 valence electrons. The number of esters is 1. The SMILES string of the molecule is CC(C)(C)OC(=O)CCCCCCCCCCF. The van der Waals surface area contributed by atoms with Gasteiger partial charge in [0.15, 0.2) is 0 Å². The Balaban J connectivity index is 3.23. The Morgan fingerprint density at radius 2 is 1.33 bits per heavy atom. The Morgan fingerprint density at radius 1 is 0.889 bits per heavy atom. The monoisotopic (exact) mass is 260 g/mol. The fraction of sp³-hybridized carbons (Fsp3) is 0.933. The molecule has 0 rings (SSSR count). The highest BCUT2D eigenvalue weighted by Crippen LogP contribution is 2.12. The summed E-state index contributed by atoms with van der Waals surface area (Å²) >= 11 is 0. The molecule has 2 nitrogen and oxygen atoms in total. The van der Waals surface area contributed by atoms with Crippen LogP contribution in [0.1, 0.15) is 78.6 Å². The second-order valence-electron chi connectivity index (χ2n) is 5.85. The Bertz CT molecular complexity index is 209. The molecule has 0 aliphatic heterocycles. The lowest BCUT2D eigenvalue weighted by atomic mass is 10.1. The van der Waals surface area contributed by atoms with Crippen LogP contribution < -0.4 is 0 Å². The van der Waals surface area contributed by atoms with Gasteiger partial charge in [0, 0.05) is 6.42 Å². The summed E-state index contributed by atoms with van der Waals surface area (Å²) in [5.41, 5.74) is -0.368. The van der Waals surface area contributed by atoms with Crippen LogP contribution in [0.3, 0.4) is 0 Å². The maximum absolute atomic E-state index is 11.8. The standard InChI is InChI=1S/C15H29FO2/c1-15(2,3)18-14(17)12-10-8-6-4-5-7-9-11-13-16/h4-13H2,1-3H3. The number of alkyl halides is 1. The maximum atomic E-state index is 11.8. The van der Waals surface area contributed by atoms with Crippen molar-refractivity contribution in [3.05, 3.63) is 0 Å². The molecule has 0 spiro atoms. The average molecular weight is 260 g/mol. The smallest absolute Gasteiger partial charge is 0.306 e. The van der Waals surface area contributed by atoms with Gasteiger partial charge in [0.1, 0.15) is 5.60 Å². The molecule has 0 amide bonds. The molecule has 0 N–H and O–H groups in total. The summed E-state index contributed by atoms with van der Waals surface area (Å²) < 4.78 is 17.1. The first-order valence-electron chi connectivity index (χ1n) is 7.23. The molecule has 0 fully saturated rings. The molecule has 0 aliphatic carbocycles. The highest BCUT2D eigenvalue weighted by Gasteiger charge is 2.15. The zero-order valence-electron chi connectivity index (χ0n) is 12.3. The van der Waals surface area contributed by atoms with Crippen LogP contribution in [0.25, 0.3) is 0 Å². The van der Waals surface area contributed by atoms with Crippen molar-refractivity contribution in [2.45, 2.75) is 84.2 Å². The lowest BCUT2D eigenvalue weighted by Gasteiger charge is -2.19. The van der Waals surface area contributed by atoms with Gasteiger partial charge in [-0.3, -0.25) is 9.18 Å².